The second-order valence-corrected chi connectivity index (χ2v) is 4.88. The van der Waals surface area contributed by atoms with Gasteiger partial charge >= 0.3 is 0 Å². The molecule has 112 valence electrons. The second kappa shape index (κ2) is 6.72. The highest BCUT2D eigenvalue weighted by molar-refractivity contribution is 5.23. The molecule has 0 bridgehead atoms. The number of likely N-dealkylation sites (N-methyl/N-ethyl adjacent to an activating group) is 1. The largest absolute Gasteiger partial charge is 0.316 e. The third-order valence-electron chi connectivity index (χ3n) is 3.31. The van der Waals surface area contributed by atoms with Crippen LogP contribution in [0, 0.1) is 23.3 Å². The highest BCUT2D eigenvalue weighted by atomic mass is 19.2. The summed E-state index contributed by atoms with van der Waals surface area (Å²) in [5.41, 5.74) is 0.690. The zero-order valence-electron chi connectivity index (χ0n) is 11.5. The quantitative estimate of drug-likeness (QED) is 0.831. The fraction of sp³-hybridized carbons (Fsp3) is 0.250. The first kappa shape index (κ1) is 15.5. The molecule has 5 heteroatoms. The zero-order chi connectivity index (χ0) is 15.4. The smallest absolute Gasteiger partial charge is 0.162 e. The van der Waals surface area contributed by atoms with Crippen LogP contribution in [0.1, 0.15) is 11.1 Å². The predicted molar refractivity (Wildman–Crippen MR) is 73.0 cm³/mol. The molecule has 0 aromatic heterocycles. The standard InChI is InChI=1S/C16H15F4N/c1-21-14(7-10-5-12(17)9-13(18)6-10)8-11-3-2-4-15(19)16(11)20/h2-6,9,14,21H,7-8H2,1H3. The van der Waals surface area contributed by atoms with Gasteiger partial charge in [0.15, 0.2) is 11.6 Å². The Kier molecular flexibility index (Phi) is 4.96. The van der Waals surface area contributed by atoms with Crippen LogP contribution in [-0.4, -0.2) is 13.1 Å². The first-order chi connectivity index (χ1) is 9.99. The van der Waals surface area contributed by atoms with Gasteiger partial charge in [-0.05, 0) is 49.2 Å². The maximum absolute atomic E-state index is 13.6. The summed E-state index contributed by atoms with van der Waals surface area (Å²) in [4.78, 5) is 0. The van der Waals surface area contributed by atoms with E-state index in [1.165, 1.54) is 24.3 Å². The molecule has 0 aliphatic rings. The van der Waals surface area contributed by atoms with Gasteiger partial charge in [0.1, 0.15) is 11.6 Å². The molecule has 2 rings (SSSR count). The van der Waals surface area contributed by atoms with Crippen LogP contribution in [0.5, 0.6) is 0 Å². The number of hydrogen-bond acceptors (Lipinski definition) is 1. The third kappa shape index (κ3) is 4.04. The Labute approximate surface area is 120 Å². The SMILES string of the molecule is CNC(Cc1cc(F)cc(F)c1)Cc1cccc(F)c1F. The summed E-state index contributed by atoms with van der Waals surface area (Å²) < 4.78 is 53.1. The van der Waals surface area contributed by atoms with Gasteiger partial charge in [-0.2, -0.15) is 0 Å². The van der Waals surface area contributed by atoms with E-state index >= 15 is 0 Å². The summed E-state index contributed by atoms with van der Waals surface area (Å²) in [6.07, 6.45) is 0.527. The van der Waals surface area contributed by atoms with Crippen molar-refractivity contribution in [1.82, 2.24) is 5.32 Å². The fourth-order valence-corrected chi connectivity index (χ4v) is 2.26. The van der Waals surface area contributed by atoms with Crippen molar-refractivity contribution >= 4 is 0 Å². The molecule has 0 aliphatic heterocycles. The molecule has 0 fully saturated rings. The maximum atomic E-state index is 13.6. The van der Waals surface area contributed by atoms with E-state index in [-0.39, 0.29) is 18.0 Å². The molecule has 1 nitrogen and oxygen atoms in total. The molecule has 1 atom stereocenters. The number of hydrogen-bond donors (Lipinski definition) is 1. The molecule has 0 saturated carbocycles. The molecule has 0 aliphatic carbocycles. The van der Waals surface area contributed by atoms with Gasteiger partial charge in [0.2, 0.25) is 0 Å². The van der Waals surface area contributed by atoms with Crippen LogP contribution in [0.15, 0.2) is 36.4 Å². The van der Waals surface area contributed by atoms with Gasteiger partial charge in [-0.1, -0.05) is 12.1 Å². The minimum absolute atomic E-state index is 0.220. The van der Waals surface area contributed by atoms with Crippen molar-refractivity contribution in [2.24, 2.45) is 0 Å². The van der Waals surface area contributed by atoms with Gasteiger partial charge in [0.25, 0.3) is 0 Å². The Morgan fingerprint density at radius 3 is 2.24 bits per heavy atom. The number of benzene rings is 2. The Bertz CT molecular complexity index is 607. The van der Waals surface area contributed by atoms with E-state index in [9.17, 15) is 17.6 Å². The van der Waals surface area contributed by atoms with Gasteiger partial charge in [0.05, 0.1) is 0 Å². The Hall–Kier alpha value is -1.88. The predicted octanol–water partition coefficient (Wildman–Crippen LogP) is 3.62. The van der Waals surface area contributed by atoms with E-state index in [1.54, 1.807) is 7.05 Å². The normalized spacial score (nSPS) is 12.4. The summed E-state index contributed by atoms with van der Waals surface area (Å²) in [7, 11) is 1.66. The molecular weight excluding hydrogens is 282 g/mol. The van der Waals surface area contributed by atoms with Crippen molar-refractivity contribution in [1.29, 1.82) is 0 Å². The van der Waals surface area contributed by atoms with Crippen molar-refractivity contribution < 1.29 is 17.6 Å². The first-order valence-electron chi connectivity index (χ1n) is 6.54. The zero-order valence-corrected chi connectivity index (χ0v) is 11.5. The Morgan fingerprint density at radius 2 is 1.62 bits per heavy atom. The molecule has 2 aromatic rings. The van der Waals surface area contributed by atoms with E-state index in [4.69, 9.17) is 0 Å². The molecule has 1 unspecified atom stereocenters. The summed E-state index contributed by atoms with van der Waals surface area (Å²) in [6.45, 7) is 0. The fourth-order valence-electron chi connectivity index (χ4n) is 2.26. The van der Waals surface area contributed by atoms with E-state index in [1.807, 2.05) is 0 Å². The highest BCUT2D eigenvalue weighted by Gasteiger charge is 2.14. The molecule has 0 radical (unpaired) electrons. The van der Waals surface area contributed by atoms with Crippen LogP contribution < -0.4 is 5.32 Å². The average molecular weight is 297 g/mol. The van der Waals surface area contributed by atoms with Crippen LogP contribution in [0.4, 0.5) is 17.6 Å². The van der Waals surface area contributed by atoms with E-state index < -0.39 is 23.3 Å². The lowest BCUT2D eigenvalue weighted by atomic mass is 9.98. The molecule has 2 aromatic carbocycles. The van der Waals surface area contributed by atoms with Gasteiger partial charge in [-0.25, -0.2) is 17.6 Å². The van der Waals surface area contributed by atoms with Crippen LogP contribution in [0.3, 0.4) is 0 Å². The summed E-state index contributed by atoms with van der Waals surface area (Å²) >= 11 is 0. The Morgan fingerprint density at radius 1 is 0.952 bits per heavy atom. The molecule has 0 amide bonds. The van der Waals surface area contributed by atoms with Crippen molar-refractivity contribution in [3.05, 3.63) is 70.8 Å². The molecule has 1 N–H and O–H groups in total. The molecule has 21 heavy (non-hydrogen) atoms. The van der Waals surface area contributed by atoms with E-state index in [2.05, 4.69) is 5.32 Å². The molecular formula is C16H15F4N. The van der Waals surface area contributed by atoms with Gasteiger partial charge in [0, 0.05) is 12.1 Å². The maximum Gasteiger partial charge on any atom is 0.162 e. The van der Waals surface area contributed by atoms with Crippen LogP contribution >= 0.6 is 0 Å². The van der Waals surface area contributed by atoms with Crippen molar-refractivity contribution in [2.75, 3.05) is 7.05 Å². The summed E-state index contributed by atoms with van der Waals surface area (Å²) in [5.74, 6) is -3.10. The van der Waals surface area contributed by atoms with Crippen LogP contribution in [-0.2, 0) is 12.8 Å². The van der Waals surface area contributed by atoms with Gasteiger partial charge in [-0.3, -0.25) is 0 Å². The number of nitrogens with one attached hydrogen (secondary N) is 1. The number of halogens is 4. The average Bonchev–Trinajstić information content (AvgIpc) is 2.42. The van der Waals surface area contributed by atoms with Crippen molar-refractivity contribution in [3.8, 4) is 0 Å². The van der Waals surface area contributed by atoms with Crippen molar-refractivity contribution in [3.63, 3.8) is 0 Å². The molecule has 0 heterocycles. The second-order valence-electron chi connectivity index (χ2n) is 4.88. The van der Waals surface area contributed by atoms with Gasteiger partial charge < -0.3 is 5.32 Å². The summed E-state index contributed by atoms with van der Waals surface area (Å²) in [5, 5.41) is 2.95. The van der Waals surface area contributed by atoms with E-state index in [0.717, 1.165) is 12.1 Å². The third-order valence-corrected chi connectivity index (χ3v) is 3.31. The lowest BCUT2D eigenvalue weighted by molar-refractivity contribution is 0.481. The Balaban J connectivity index is 2.15. The van der Waals surface area contributed by atoms with Crippen LogP contribution in [0.25, 0.3) is 0 Å². The monoisotopic (exact) mass is 297 g/mol. The first-order valence-corrected chi connectivity index (χ1v) is 6.54. The molecule has 0 saturated heterocycles. The van der Waals surface area contributed by atoms with Crippen molar-refractivity contribution in [2.45, 2.75) is 18.9 Å². The minimum Gasteiger partial charge on any atom is -0.316 e. The molecule has 0 spiro atoms. The van der Waals surface area contributed by atoms with Gasteiger partial charge in [-0.15, -0.1) is 0 Å². The lowest BCUT2D eigenvalue weighted by Gasteiger charge is -2.17. The number of rotatable bonds is 5. The highest BCUT2D eigenvalue weighted by Crippen LogP contribution is 2.16. The van der Waals surface area contributed by atoms with Crippen LogP contribution in [0.2, 0.25) is 0 Å². The lowest BCUT2D eigenvalue weighted by Crippen LogP contribution is -2.30. The topological polar surface area (TPSA) is 12.0 Å². The minimum atomic E-state index is -0.904. The van der Waals surface area contributed by atoms with E-state index in [0.29, 0.717) is 12.0 Å². The summed E-state index contributed by atoms with van der Waals surface area (Å²) in [6, 6.07) is 6.98.